The molecule has 2 unspecified atom stereocenters. The van der Waals surface area contributed by atoms with Gasteiger partial charge >= 0.3 is 0 Å². The summed E-state index contributed by atoms with van der Waals surface area (Å²) in [6.45, 7) is 5.08. The second kappa shape index (κ2) is 4.78. The average molecular weight is 235 g/mol. The van der Waals surface area contributed by atoms with Crippen molar-refractivity contribution in [3.05, 3.63) is 18.2 Å². The third-order valence-corrected chi connectivity index (χ3v) is 3.93. The van der Waals surface area contributed by atoms with E-state index in [1.165, 1.54) is 25.0 Å². The quantitative estimate of drug-likeness (QED) is 0.845. The van der Waals surface area contributed by atoms with Crippen molar-refractivity contribution in [1.82, 2.24) is 14.9 Å². The van der Waals surface area contributed by atoms with Crippen LogP contribution in [0.4, 0.5) is 0 Å². The molecule has 94 valence electrons. The minimum Gasteiger partial charge on any atom is -0.378 e. The highest BCUT2D eigenvalue weighted by molar-refractivity contribution is 5.03. The van der Waals surface area contributed by atoms with Gasteiger partial charge in [0.25, 0.3) is 0 Å². The van der Waals surface area contributed by atoms with Crippen LogP contribution < -0.4 is 5.32 Å². The molecule has 1 aliphatic heterocycles. The maximum atomic E-state index is 5.57. The molecule has 0 spiro atoms. The van der Waals surface area contributed by atoms with Gasteiger partial charge in [0, 0.05) is 31.9 Å². The molecule has 1 saturated heterocycles. The number of imidazole rings is 1. The lowest BCUT2D eigenvalue weighted by Gasteiger charge is -2.15. The molecule has 0 bridgehead atoms. The lowest BCUT2D eigenvalue weighted by Crippen LogP contribution is -2.27. The molecular weight excluding hydrogens is 214 g/mol. The molecule has 2 aliphatic rings. The van der Waals surface area contributed by atoms with E-state index in [0.29, 0.717) is 12.0 Å². The van der Waals surface area contributed by atoms with Gasteiger partial charge < -0.3 is 14.6 Å². The van der Waals surface area contributed by atoms with E-state index in [9.17, 15) is 0 Å². The van der Waals surface area contributed by atoms with E-state index < -0.39 is 0 Å². The summed E-state index contributed by atoms with van der Waals surface area (Å²) in [5.41, 5.74) is 1.32. The van der Waals surface area contributed by atoms with Crippen LogP contribution in [0.3, 0.4) is 0 Å². The van der Waals surface area contributed by atoms with E-state index in [4.69, 9.17) is 4.74 Å². The molecule has 17 heavy (non-hydrogen) atoms. The van der Waals surface area contributed by atoms with Gasteiger partial charge in [0.1, 0.15) is 0 Å². The number of ether oxygens (including phenoxy) is 1. The second-order valence-corrected chi connectivity index (χ2v) is 5.28. The maximum absolute atomic E-state index is 5.57. The third-order valence-electron chi connectivity index (χ3n) is 3.93. The number of hydrogen-bond donors (Lipinski definition) is 1. The van der Waals surface area contributed by atoms with Gasteiger partial charge in [0.2, 0.25) is 0 Å². The lowest BCUT2D eigenvalue weighted by atomic mass is 10.0. The van der Waals surface area contributed by atoms with Gasteiger partial charge in [0.15, 0.2) is 0 Å². The zero-order valence-corrected chi connectivity index (χ0v) is 10.4. The zero-order chi connectivity index (χ0) is 11.7. The molecule has 0 amide bonds. The minimum atomic E-state index is 0.413. The molecular formula is C13H21N3O. The number of nitrogens with zero attached hydrogens (tertiary/aromatic N) is 2. The molecule has 2 fully saturated rings. The van der Waals surface area contributed by atoms with E-state index in [1.807, 2.05) is 12.5 Å². The van der Waals surface area contributed by atoms with Crippen LogP contribution in [-0.2, 0) is 11.3 Å². The maximum Gasteiger partial charge on any atom is 0.0951 e. The van der Waals surface area contributed by atoms with Crippen LogP contribution in [0, 0.1) is 5.92 Å². The Bertz CT molecular complexity index is 372. The van der Waals surface area contributed by atoms with Crippen LogP contribution in [0.2, 0.25) is 0 Å². The van der Waals surface area contributed by atoms with Gasteiger partial charge in [-0.15, -0.1) is 0 Å². The molecule has 1 aromatic heterocycles. The van der Waals surface area contributed by atoms with Gasteiger partial charge in [-0.3, -0.25) is 0 Å². The van der Waals surface area contributed by atoms with Crippen LogP contribution in [0.25, 0.3) is 0 Å². The van der Waals surface area contributed by atoms with Crippen LogP contribution in [0.5, 0.6) is 0 Å². The molecule has 2 heterocycles. The number of aromatic nitrogens is 2. The van der Waals surface area contributed by atoms with E-state index in [2.05, 4.69) is 21.8 Å². The Morgan fingerprint density at radius 2 is 2.35 bits per heavy atom. The van der Waals surface area contributed by atoms with E-state index in [-0.39, 0.29) is 0 Å². The number of hydrogen-bond acceptors (Lipinski definition) is 3. The Hall–Kier alpha value is -0.870. The summed E-state index contributed by atoms with van der Waals surface area (Å²) in [7, 11) is 0. The Morgan fingerprint density at radius 3 is 3.06 bits per heavy atom. The first-order valence-corrected chi connectivity index (χ1v) is 6.67. The fourth-order valence-corrected chi connectivity index (χ4v) is 2.58. The van der Waals surface area contributed by atoms with Crippen molar-refractivity contribution >= 4 is 0 Å². The molecule has 1 saturated carbocycles. The lowest BCUT2D eigenvalue weighted by molar-refractivity contribution is 0.105. The van der Waals surface area contributed by atoms with Crippen LogP contribution in [0.15, 0.2) is 12.5 Å². The number of rotatable bonds is 5. The highest BCUT2D eigenvalue weighted by atomic mass is 16.5. The average Bonchev–Trinajstić information content (AvgIpc) is 2.93. The van der Waals surface area contributed by atoms with Crippen LogP contribution in [0.1, 0.15) is 37.9 Å². The molecule has 2 atom stereocenters. The Labute approximate surface area is 102 Å². The van der Waals surface area contributed by atoms with E-state index >= 15 is 0 Å². The fourth-order valence-electron chi connectivity index (χ4n) is 2.58. The van der Waals surface area contributed by atoms with Crippen molar-refractivity contribution in [2.24, 2.45) is 5.92 Å². The molecule has 4 nitrogen and oxygen atoms in total. The van der Waals surface area contributed by atoms with Crippen molar-refractivity contribution in [2.45, 2.75) is 44.9 Å². The molecule has 0 radical (unpaired) electrons. The van der Waals surface area contributed by atoms with Gasteiger partial charge in [-0.05, 0) is 32.1 Å². The SMILES string of the molecule is CC1OCCC1CNCc1cncn1C1CC1. The zero-order valence-electron chi connectivity index (χ0n) is 10.4. The van der Waals surface area contributed by atoms with Gasteiger partial charge in [0.05, 0.1) is 18.1 Å². The first-order valence-electron chi connectivity index (χ1n) is 6.67. The van der Waals surface area contributed by atoms with Crippen LogP contribution >= 0.6 is 0 Å². The third kappa shape index (κ3) is 2.53. The predicted molar refractivity (Wildman–Crippen MR) is 65.7 cm³/mol. The van der Waals surface area contributed by atoms with Crippen molar-refractivity contribution in [3.63, 3.8) is 0 Å². The van der Waals surface area contributed by atoms with Gasteiger partial charge in [-0.1, -0.05) is 0 Å². The van der Waals surface area contributed by atoms with Crippen molar-refractivity contribution < 1.29 is 4.74 Å². The Morgan fingerprint density at radius 1 is 1.47 bits per heavy atom. The monoisotopic (exact) mass is 235 g/mol. The topological polar surface area (TPSA) is 39.1 Å². The van der Waals surface area contributed by atoms with E-state index in [0.717, 1.165) is 25.7 Å². The van der Waals surface area contributed by atoms with Crippen molar-refractivity contribution in [2.75, 3.05) is 13.2 Å². The Kier molecular flexibility index (Phi) is 3.16. The summed E-state index contributed by atoms with van der Waals surface area (Å²) in [5.74, 6) is 0.673. The first kappa shape index (κ1) is 11.2. The summed E-state index contributed by atoms with van der Waals surface area (Å²) in [6, 6.07) is 0.725. The molecule has 3 rings (SSSR count). The summed E-state index contributed by atoms with van der Waals surface area (Å²) < 4.78 is 7.89. The summed E-state index contributed by atoms with van der Waals surface area (Å²) in [5, 5.41) is 3.54. The molecule has 1 N–H and O–H groups in total. The van der Waals surface area contributed by atoms with Crippen molar-refractivity contribution in [3.8, 4) is 0 Å². The van der Waals surface area contributed by atoms with Crippen molar-refractivity contribution in [1.29, 1.82) is 0 Å². The highest BCUT2D eigenvalue weighted by Crippen LogP contribution is 2.35. The normalized spacial score (nSPS) is 28.8. The molecule has 1 aliphatic carbocycles. The first-order chi connectivity index (χ1) is 8.34. The molecule has 0 aromatic carbocycles. The molecule has 4 heteroatoms. The highest BCUT2D eigenvalue weighted by Gasteiger charge is 2.26. The van der Waals surface area contributed by atoms with E-state index in [1.54, 1.807) is 0 Å². The predicted octanol–water partition coefficient (Wildman–Crippen LogP) is 1.73. The summed E-state index contributed by atoms with van der Waals surface area (Å²) >= 11 is 0. The second-order valence-electron chi connectivity index (χ2n) is 5.28. The summed E-state index contributed by atoms with van der Waals surface area (Å²) in [6.07, 6.45) is 8.19. The standard InChI is InChI=1S/C13H21N3O/c1-10-11(4-5-17-10)6-14-7-13-8-15-9-16(13)12-2-3-12/h8-12,14H,2-7H2,1H3. The van der Waals surface area contributed by atoms with Gasteiger partial charge in [-0.2, -0.15) is 0 Å². The number of nitrogens with one attached hydrogen (secondary N) is 1. The largest absolute Gasteiger partial charge is 0.378 e. The fraction of sp³-hybridized carbons (Fsp3) is 0.769. The summed E-state index contributed by atoms with van der Waals surface area (Å²) in [4.78, 5) is 4.25. The Balaban J connectivity index is 1.48. The van der Waals surface area contributed by atoms with Crippen LogP contribution in [-0.4, -0.2) is 28.8 Å². The minimum absolute atomic E-state index is 0.413. The smallest absolute Gasteiger partial charge is 0.0951 e. The molecule has 1 aromatic rings. The van der Waals surface area contributed by atoms with Gasteiger partial charge in [-0.25, -0.2) is 4.98 Å².